The Hall–Kier alpha value is -0.840. The van der Waals surface area contributed by atoms with E-state index in [2.05, 4.69) is 58.4 Å². The van der Waals surface area contributed by atoms with E-state index in [-0.39, 0.29) is 0 Å². The maximum Gasteiger partial charge on any atom is 0.0461 e. The molecule has 2 rings (SSSR count). The molecule has 1 aromatic heterocycles. The molecule has 2 N–H and O–H groups in total. The van der Waals surface area contributed by atoms with Gasteiger partial charge in [0.1, 0.15) is 0 Å². The van der Waals surface area contributed by atoms with Crippen molar-refractivity contribution in [3.8, 4) is 0 Å². The molecule has 0 fully saturated rings. The first-order valence-corrected chi connectivity index (χ1v) is 8.00. The fourth-order valence-electron chi connectivity index (χ4n) is 2.01. The molecule has 102 valence electrons. The second kappa shape index (κ2) is 6.55. The minimum atomic E-state index is 0.517. The van der Waals surface area contributed by atoms with E-state index in [9.17, 15) is 0 Å². The lowest BCUT2D eigenvalue weighted by atomic mass is 10.1. The predicted molar refractivity (Wildman–Crippen MR) is 87.5 cm³/mol. The van der Waals surface area contributed by atoms with Crippen molar-refractivity contribution in [3.63, 3.8) is 0 Å². The van der Waals surface area contributed by atoms with Crippen molar-refractivity contribution in [2.24, 2.45) is 0 Å². The summed E-state index contributed by atoms with van der Waals surface area (Å²) in [4.78, 5) is 3.80. The number of nitrogens with two attached hydrogens (primary N) is 1. The van der Waals surface area contributed by atoms with Crippen LogP contribution in [0, 0.1) is 0 Å². The smallest absolute Gasteiger partial charge is 0.0461 e. The second-order valence-electron chi connectivity index (χ2n) is 4.90. The molecule has 2 nitrogen and oxygen atoms in total. The quantitative estimate of drug-likeness (QED) is 0.829. The maximum absolute atomic E-state index is 5.92. The number of hydrogen-bond donors (Lipinski definition) is 1. The summed E-state index contributed by atoms with van der Waals surface area (Å²) in [6.45, 7) is 3.19. The Morgan fingerprint density at radius 3 is 2.79 bits per heavy atom. The Morgan fingerprint density at radius 2 is 2.16 bits per heavy atom. The molecule has 4 heteroatoms. The molecule has 1 unspecified atom stereocenters. The highest BCUT2D eigenvalue weighted by atomic mass is 79.9. The lowest BCUT2D eigenvalue weighted by Crippen LogP contribution is -2.30. The number of thiophene rings is 1. The molecule has 0 aliphatic heterocycles. The van der Waals surface area contributed by atoms with E-state index in [0.717, 1.165) is 23.1 Å². The molecule has 0 spiro atoms. The van der Waals surface area contributed by atoms with E-state index in [4.69, 9.17) is 5.73 Å². The minimum Gasteiger partial charge on any atom is -0.398 e. The molecule has 0 aliphatic carbocycles. The van der Waals surface area contributed by atoms with E-state index in [1.165, 1.54) is 10.4 Å². The minimum absolute atomic E-state index is 0.517. The molecule has 0 saturated heterocycles. The number of benzene rings is 1. The molecule has 1 heterocycles. The topological polar surface area (TPSA) is 29.3 Å². The van der Waals surface area contributed by atoms with Crippen LogP contribution in [-0.4, -0.2) is 18.0 Å². The molecule has 1 atom stereocenters. The summed E-state index contributed by atoms with van der Waals surface area (Å²) >= 11 is 5.25. The highest BCUT2D eigenvalue weighted by Gasteiger charge is 2.11. The number of rotatable bonds is 5. The number of hydrogen-bond acceptors (Lipinski definition) is 3. The van der Waals surface area contributed by atoms with Crippen molar-refractivity contribution in [2.45, 2.75) is 25.9 Å². The standard InChI is InChI=1S/C15H19BrN2S/c1-11(8-13-4-3-7-19-13)18(2)10-12-5-6-14(16)15(17)9-12/h3-7,9,11H,8,10,17H2,1-2H3. The van der Waals surface area contributed by atoms with Gasteiger partial charge in [-0.15, -0.1) is 11.3 Å². The summed E-state index contributed by atoms with van der Waals surface area (Å²) in [7, 11) is 2.16. The Balaban J connectivity index is 1.96. The molecule has 2 aromatic rings. The van der Waals surface area contributed by atoms with Crippen molar-refractivity contribution in [1.29, 1.82) is 0 Å². The van der Waals surface area contributed by atoms with Gasteiger partial charge in [-0.2, -0.15) is 0 Å². The normalized spacial score (nSPS) is 12.8. The molecule has 1 aromatic carbocycles. The lowest BCUT2D eigenvalue weighted by Gasteiger charge is -2.24. The van der Waals surface area contributed by atoms with E-state index in [1.807, 2.05) is 23.5 Å². The SMILES string of the molecule is CC(Cc1cccs1)N(C)Cc1ccc(Br)c(N)c1. The Kier molecular flexibility index (Phi) is 5.02. The molecule has 0 bridgehead atoms. The van der Waals surface area contributed by atoms with Crippen LogP contribution in [0.25, 0.3) is 0 Å². The van der Waals surface area contributed by atoms with Crippen LogP contribution in [0.2, 0.25) is 0 Å². The number of nitrogens with zero attached hydrogens (tertiary/aromatic N) is 1. The van der Waals surface area contributed by atoms with Gasteiger partial charge < -0.3 is 5.73 Å². The third kappa shape index (κ3) is 4.06. The van der Waals surface area contributed by atoms with Gasteiger partial charge in [0.15, 0.2) is 0 Å². The zero-order valence-corrected chi connectivity index (χ0v) is 13.7. The fraction of sp³-hybridized carbons (Fsp3) is 0.333. The van der Waals surface area contributed by atoms with Crippen LogP contribution < -0.4 is 5.73 Å². The molecular weight excluding hydrogens is 320 g/mol. The van der Waals surface area contributed by atoms with Crippen LogP contribution in [0.4, 0.5) is 5.69 Å². The van der Waals surface area contributed by atoms with Crippen LogP contribution >= 0.6 is 27.3 Å². The van der Waals surface area contributed by atoms with Crippen LogP contribution in [0.1, 0.15) is 17.4 Å². The molecule has 0 saturated carbocycles. The third-order valence-corrected chi connectivity index (χ3v) is 4.94. The number of nitrogen functional groups attached to an aromatic ring is 1. The monoisotopic (exact) mass is 338 g/mol. The summed E-state index contributed by atoms with van der Waals surface area (Å²) in [5.74, 6) is 0. The number of halogens is 1. The van der Waals surface area contributed by atoms with E-state index in [1.54, 1.807) is 0 Å². The van der Waals surface area contributed by atoms with Crippen molar-refractivity contribution in [3.05, 3.63) is 50.6 Å². The summed E-state index contributed by atoms with van der Waals surface area (Å²) in [5, 5.41) is 2.14. The third-order valence-electron chi connectivity index (χ3n) is 3.32. The average Bonchev–Trinajstić information content (AvgIpc) is 2.86. The van der Waals surface area contributed by atoms with E-state index < -0.39 is 0 Å². The van der Waals surface area contributed by atoms with Gasteiger partial charge in [-0.3, -0.25) is 4.90 Å². The lowest BCUT2D eigenvalue weighted by molar-refractivity contribution is 0.249. The summed E-state index contributed by atoms with van der Waals surface area (Å²) in [6, 6.07) is 11.0. The van der Waals surface area contributed by atoms with Crippen molar-refractivity contribution >= 4 is 33.0 Å². The van der Waals surface area contributed by atoms with Crippen molar-refractivity contribution in [2.75, 3.05) is 12.8 Å². The van der Waals surface area contributed by atoms with Crippen molar-refractivity contribution in [1.82, 2.24) is 4.90 Å². The maximum atomic E-state index is 5.92. The van der Waals surface area contributed by atoms with Gasteiger partial charge in [0.25, 0.3) is 0 Å². The highest BCUT2D eigenvalue weighted by Crippen LogP contribution is 2.21. The zero-order chi connectivity index (χ0) is 13.8. The van der Waals surface area contributed by atoms with Gasteiger partial charge >= 0.3 is 0 Å². The summed E-state index contributed by atoms with van der Waals surface area (Å²) in [5.41, 5.74) is 7.97. The highest BCUT2D eigenvalue weighted by molar-refractivity contribution is 9.10. The Bertz CT molecular complexity index is 525. The van der Waals surface area contributed by atoms with Gasteiger partial charge in [0.05, 0.1) is 0 Å². The van der Waals surface area contributed by atoms with Crippen LogP contribution in [0.3, 0.4) is 0 Å². The van der Waals surface area contributed by atoms with E-state index in [0.29, 0.717) is 6.04 Å². The van der Waals surface area contributed by atoms with Crippen molar-refractivity contribution < 1.29 is 0 Å². The Morgan fingerprint density at radius 1 is 1.37 bits per heavy atom. The van der Waals surface area contributed by atoms with Crippen LogP contribution in [0.15, 0.2) is 40.2 Å². The summed E-state index contributed by atoms with van der Waals surface area (Å²) < 4.78 is 0.963. The second-order valence-corrected chi connectivity index (χ2v) is 6.79. The molecule has 0 radical (unpaired) electrons. The van der Waals surface area contributed by atoms with E-state index >= 15 is 0 Å². The average molecular weight is 339 g/mol. The first-order chi connectivity index (χ1) is 9.06. The predicted octanol–water partition coefficient (Wildman–Crippen LogP) is 4.16. The van der Waals surface area contributed by atoms with Crippen LogP contribution in [-0.2, 0) is 13.0 Å². The van der Waals surface area contributed by atoms with Gasteiger partial charge in [-0.1, -0.05) is 12.1 Å². The number of anilines is 1. The van der Waals surface area contributed by atoms with Crippen LogP contribution in [0.5, 0.6) is 0 Å². The van der Waals surface area contributed by atoms with Gasteiger partial charge in [-0.25, -0.2) is 0 Å². The van der Waals surface area contributed by atoms with Gasteiger partial charge in [-0.05, 0) is 65.5 Å². The molecule has 0 amide bonds. The Labute approximate surface area is 127 Å². The first kappa shape index (κ1) is 14.6. The molecule has 0 aliphatic rings. The van der Waals surface area contributed by atoms with Gasteiger partial charge in [0.2, 0.25) is 0 Å². The molecular formula is C15H19BrN2S. The fourth-order valence-corrected chi connectivity index (χ4v) is 3.08. The number of likely N-dealkylation sites (N-methyl/N-ethyl adjacent to an activating group) is 1. The largest absolute Gasteiger partial charge is 0.398 e. The van der Waals surface area contributed by atoms with Gasteiger partial charge in [0, 0.05) is 27.6 Å². The first-order valence-electron chi connectivity index (χ1n) is 6.33. The molecule has 19 heavy (non-hydrogen) atoms. The zero-order valence-electron chi connectivity index (χ0n) is 11.3. The summed E-state index contributed by atoms with van der Waals surface area (Å²) in [6.07, 6.45) is 1.10.